The van der Waals surface area contributed by atoms with Gasteiger partial charge in [0.2, 0.25) is 5.91 Å². The molecule has 0 fully saturated rings. The summed E-state index contributed by atoms with van der Waals surface area (Å²) in [5.41, 5.74) is 0.551. The number of carbonyl (C=O) groups is 1. The standard InChI is InChI=1S/C12H17FN2O2S/c1-9(8-18(2)17)14-7-12(16)15-11-5-3-10(13)4-6-11/h3-6,9,14H,7-8H2,1-2H3,(H,15,16). The largest absolute Gasteiger partial charge is 0.325 e. The predicted molar refractivity (Wildman–Crippen MR) is 71.4 cm³/mol. The van der Waals surface area contributed by atoms with Gasteiger partial charge in [-0.3, -0.25) is 9.00 Å². The van der Waals surface area contributed by atoms with E-state index in [4.69, 9.17) is 0 Å². The highest BCUT2D eigenvalue weighted by atomic mass is 32.2. The number of anilines is 1. The van der Waals surface area contributed by atoms with Crippen LogP contribution in [0.1, 0.15) is 6.92 Å². The van der Waals surface area contributed by atoms with E-state index in [1.807, 2.05) is 6.92 Å². The molecule has 100 valence electrons. The average Bonchev–Trinajstić information content (AvgIpc) is 2.29. The number of nitrogens with one attached hydrogen (secondary N) is 2. The van der Waals surface area contributed by atoms with Gasteiger partial charge in [-0.25, -0.2) is 4.39 Å². The molecule has 2 unspecified atom stereocenters. The summed E-state index contributed by atoms with van der Waals surface area (Å²) in [7, 11) is -0.887. The first kappa shape index (κ1) is 14.8. The molecule has 1 amide bonds. The number of hydrogen-bond acceptors (Lipinski definition) is 3. The highest BCUT2D eigenvalue weighted by Gasteiger charge is 2.07. The molecule has 1 aromatic carbocycles. The molecular formula is C12H17FN2O2S. The zero-order chi connectivity index (χ0) is 13.5. The zero-order valence-electron chi connectivity index (χ0n) is 10.4. The van der Waals surface area contributed by atoms with Crippen molar-refractivity contribution in [3.8, 4) is 0 Å². The molecular weight excluding hydrogens is 255 g/mol. The van der Waals surface area contributed by atoms with Gasteiger partial charge in [0.25, 0.3) is 0 Å². The van der Waals surface area contributed by atoms with Gasteiger partial charge >= 0.3 is 0 Å². The summed E-state index contributed by atoms with van der Waals surface area (Å²) in [6, 6.07) is 5.57. The number of halogens is 1. The van der Waals surface area contributed by atoms with Gasteiger partial charge in [-0.15, -0.1) is 0 Å². The summed E-state index contributed by atoms with van der Waals surface area (Å²) in [6.45, 7) is 2.00. The zero-order valence-corrected chi connectivity index (χ0v) is 11.2. The van der Waals surface area contributed by atoms with Crippen molar-refractivity contribution < 1.29 is 13.4 Å². The average molecular weight is 272 g/mol. The summed E-state index contributed by atoms with van der Waals surface area (Å²) >= 11 is 0. The van der Waals surface area contributed by atoms with E-state index < -0.39 is 10.8 Å². The van der Waals surface area contributed by atoms with Crippen LogP contribution in [0.15, 0.2) is 24.3 Å². The van der Waals surface area contributed by atoms with Crippen LogP contribution in [0.5, 0.6) is 0 Å². The van der Waals surface area contributed by atoms with Crippen molar-refractivity contribution in [2.75, 3.05) is 23.9 Å². The Hall–Kier alpha value is -1.27. The summed E-state index contributed by atoms with van der Waals surface area (Å²) < 4.78 is 23.6. The lowest BCUT2D eigenvalue weighted by atomic mass is 10.3. The smallest absolute Gasteiger partial charge is 0.238 e. The molecule has 0 aromatic heterocycles. The van der Waals surface area contributed by atoms with E-state index in [2.05, 4.69) is 10.6 Å². The second-order valence-corrected chi connectivity index (χ2v) is 5.56. The van der Waals surface area contributed by atoms with Crippen LogP contribution in [0.2, 0.25) is 0 Å². The summed E-state index contributed by atoms with van der Waals surface area (Å²) in [5.74, 6) is -0.0513. The second kappa shape index (κ2) is 7.23. The Labute approximate surface area is 108 Å². The lowest BCUT2D eigenvalue weighted by molar-refractivity contribution is -0.115. The second-order valence-electron chi connectivity index (χ2n) is 4.08. The molecule has 0 aliphatic heterocycles. The van der Waals surface area contributed by atoms with E-state index in [1.54, 1.807) is 6.26 Å². The number of hydrogen-bond donors (Lipinski definition) is 2. The van der Waals surface area contributed by atoms with Crippen LogP contribution in [0, 0.1) is 5.82 Å². The Morgan fingerprint density at radius 2 is 2.00 bits per heavy atom. The first-order chi connectivity index (χ1) is 8.47. The molecule has 0 heterocycles. The van der Waals surface area contributed by atoms with E-state index in [0.29, 0.717) is 11.4 Å². The number of amides is 1. The lowest BCUT2D eigenvalue weighted by Gasteiger charge is -2.12. The fraction of sp³-hybridized carbons (Fsp3) is 0.417. The van der Waals surface area contributed by atoms with Gasteiger partial charge in [0.1, 0.15) is 5.82 Å². The first-order valence-electron chi connectivity index (χ1n) is 5.56. The van der Waals surface area contributed by atoms with E-state index in [1.165, 1.54) is 24.3 Å². The van der Waals surface area contributed by atoms with Gasteiger partial charge in [-0.05, 0) is 31.2 Å². The van der Waals surface area contributed by atoms with Crippen LogP contribution in [-0.2, 0) is 15.6 Å². The van der Waals surface area contributed by atoms with Gasteiger partial charge in [0.15, 0.2) is 0 Å². The molecule has 0 bridgehead atoms. The number of rotatable bonds is 6. The molecule has 18 heavy (non-hydrogen) atoms. The summed E-state index contributed by atoms with van der Waals surface area (Å²) in [5, 5.41) is 5.60. The minimum absolute atomic E-state index is 0.00908. The van der Waals surface area contributed by atoms with Crippen LogP contribution in [0.4, 0.5) is 10.1 Å². The minimum atomic E-state index is -0.887. The molecule has 4 nitrogen and oxygen atoms in total. The molecule has 0 aliphatic rings. The molecule has 1 aromatic rings. The molecule has 0 saturated carbocycles. The Morgan fingerprint density at radius 1 is 1.39 bits per heavy atom. The number of carbonyl (C=O) groups excluding carboxylic acids is 1. The van der Waals surface area contributed by atoms with Crippen molar-refractivity contribution in [1.29, 1.82) is 0 Å². The molecule has 0 saturated heterocycles. The summed E-state index contributed by atoms with van der Waals surface area (Å²) in [4.78, 5) is 11.5. The van der Waals surface area contributed by atoms with Crippen molar-refractivity contribution in [3.63, 3.8) is 0 Å². The Balaban J connectivity index is 2.33. The highest BCUT2D eigenvalue weighted by molar-refractivity contribution is 7.84. The third-order valence-electron chi connectivity index (χ3n) is 2.22. The maximum Gasteiger partial charge on any atom is 0.238 e. The maximum absolute atomic E-state index is 12.6. The predicted octanol–water partition coefficient (Wildman–Crippen LogP) is 1.12. The normalized spacial score (nSPS) is 13.9. The summed E-state index contributed by atoms with van der Waals surface area (Å²) in [6.07, 6.45) is 1.62. The van der Waals surface area contributed by atoms with Crippen LogP contribution in [-0.4, -0.2) is 34.7 Å². The molecule has 2 N–H and O–H groups in total. The van der Waals surface area contributed by atoms with Crippen LogP contribution < -0.4 is 10.6 Å². The van der Waals surface area contributed by atoms with Gasteiger partial charge in [0, 0.05) is 34.5 Å². The molecule has 0 aliphatic carbocycles. The van der Waals surface area contributed by atoms with Crippen molar-refractivity contribution >= 4 is 22.4 Å². The number of benzene rings is 1. The third-order valence-corrected chi connectivity index (χ3v) is 3.19. The van der Waals surface area contributed by atoms with E-state index in [-0.39, 0.29) is 24.3 Å². The first-order valence-corrected chi connectivity index (χ1v) is 7.29. The van der Waals surface area contributed by atoms with Crippen LogP contribution >= 0.6 is 0 Å². The molecule has 0 radical (unpaired) electrons. The van der Waals surface area contributed by atoms with Gasteiger partial charge in [-0.1, -0.05) is 0 Å². The Bertz CT molecular complexity index is 423. The molecule has 1 rings (SSSR count). The van der Waals surface area contributed by atoms with Gasteiger partial charge in [0.05, 0.1) is 6.54 Å². The Kier molecular flexibility index (Phi) is 5.94. The van der Waals surface area contributed by atoms with Crippen LogP contribution in [0.25, 0.3) is 0 Å². The fourth-order valence-corrected chi connectivity index (χ4v) is 2.24. The minimum Gasteiger partial charge on any atom is -0.325 e. The van der Waals surface area contributed by atoms with Crippen molar-refractivity contribution in [2.45, 2.75) is 13.0 Å². The van der Waals surface area contributed by atoms with E-state index in [9.17, 15) is 13.4 Å². The van der Waals surface area contributed by atoms with Crippen LogP contribution in [0.3, 0.4) is 0 Å². The topological polar surface area (TPSA) is 58.2 Å². The molecule has 6 heteroatoms. The molecule has 2 atom stereocenters. The van der Waals surface area contributed by atoms with Crippen molar-refractivity contribution in [2.24, 2.45) is 0 Å². The van der Waals surface area contributed by atoms with E-state index >= 15 is 0 Å². The van der Waals surface area contributed by atoms with E-state index in [0.717, 1.165) is 0 Å². The van der Waals surface area contributed by atoms with Gasteiger partial charge in [-0.2, -0.15) is 0 Å². The monoisotopic (exact) mass is 272 g/mol. The quantitative estimate of drug-likeness (QED) is 0.816. The molecule has 0 spiro atoms. The van der Waals surface area contributed by atoms with Gasteiger partial charge < -0.3 is 10.6 Å². The third kappa shape index (κ3) is 5.88. The Morgan fingerprint density at radius 3 is 2.56 bits per heavy atom. The lowest BCUT2D eigenvalue weighted by Crippen LogP contribution is -2.37. The van der Waals surface area contributed by atoms with Crippen molar-refractivity contribution in [1.82, 2.24) is 5.32 Å². The highest BCUT2D eigenvalue weighted by Crippen LogP contribution is 2.07. The van der Waals surface area contributed by atoms with Crippen molar-refractivity contribution in [3.05, 3.63) is 30.1 Å². The maximum atomic E-state index is 12.6. The SMILES string of the molecule is CC(CS(C)=O)NCC(=O)Nc1ccc(F)cc1. The fourth-order valence-electron chi connectivity index (χ4n) is 1.42.